The van der Waals surface area contributed by atoms with Crippen LogP contribution in [0.5, 0.6) is 0 Å². The highest BCUT2D eigenvalue weighted by atomic mass is 16.1. The first-order valence-electron chi connectivity index (χ1n) is 9.05. The van der Waals surface area contributed by atoms with Crippen LogP contribution in [0, 0.1) is 0 Å². The highest BCUT2D eigenvalue weighted by molar-refractivity contribution is 5.56. The fourth-order valence-electron chi connectivity index (χ4n) is 2.94. The maximum Gasteiger partial charge on any atom is 0.240 e. The normalized spacial score (nSPS) is 10.0. The van der Waals surface area contributed by atoms with Crippen molar-refractivity contribution in [1.29, 1.82) is 0 Å². The molecular formula is C20H28N2O2. The van der Waals surface area contributed by atoms with Gasteiger partial charge in [0.1, 0.15) is 0 Å². The van der Waals surface area contributed by atoms with E-state index in [1.807, 2.05) is 18.2 Å². The lowest BCUT2D eigenvalue weighted by molar-refractivity contribution is 0.561. The molecule has 0 heterocycles. The molecule has 4 heteroatoms. The van der Waals surface area contributed by atoms with Gasteiger partial charge in [0.25, 0.3) is 0 Å². The summed E-state index contributed by atoms with van der Waals surface area (Å²) in [5, 5.41) is 0. The summed E-state index contributed by atoms with van der Waals surface area (Å²) >= 11 is 0. The summed E-state index contributed by atoms with van der Waals surface area (Å²) in [5.74, 6) is 0. The topological polar surface area (TPSA) is 58.9 Å². The average molecular weight is 328 g/mol. The highest BCUT2D eigenvalue weighted by Gasteiger charge is 2.08. The molecule has 0 radical (unpaired) electrons. The summed E-state index contributed by atoms with van der Waals surface area (Å²) in [6.07, 6.45) is 15.4. The minimum Gasteiger partial charge on any atom is -0.211 e. The third kappa shape index (κ3) is 8.01. The molecule has 0 N–H and O–H groups in total. The Morgan fingerprint density at radius 3 is 2.17 bits per heavy atom. The number of unbranched alkanes of at least 4 members (excludes halogenated alkanes) is 8. The first-order chi connectivity index (χ1) is 11.8. The van der Waals surface area contributed by atoms with Gasteiger partial charge >= 0.3 is 0 Å². The number of nitrogens with zero attached hydrogens (tertiary/aromatic N) is 2. The molecular weight excluding hydrogens is 300 g/mol. The zero-order valence-electron chi connectivity index (χ0n) is 14.7. The van der Waals surface area contributed by atoms with E-state index in [0.717, 1.165) is 24.0 Å². The van der Waals surface area contributed by atoms with Crippen LogP contribution in [0.1, 0.15) is 75.8 Å². The maximum absolute atomic E-state index is 10.6. The molecule has 1 aromatic rings. The molecule has 24 heavy (non-hydrogen) atoms. The Balaban J connectivity index is 2.45. The summed E-state index contributed by atoms with van der Waals surface area (Å²) in [7, 11) is 0. The molecule has 1 aromatic carbocycles. The zero-order chi connectivity index (χ0) is 17.5. The Kier molecular flexibility index (Phi) is 11.2. The van der Waals surface area contributed by atoms with Crippen molar-refractivity contribution in [3.63, 3.8) is 0 Å². The van der Waals surface area contributed by atoms with Gasteiger partial charge in [-0.1, -0.05) is 70.4 Å². The van der Waals surface area contributed by atoms with Gasteiger partial charge in [0, 0.05) is 0 Å². The van der Waals surface area contributed by atoms with Crippen LogP contribution in [0.3, 0.4) is 0 Å². The minimum atomic E-state index is 0.290. The number of hydrogen-bond donors (Lipinski definition) is 0. The number of rotatable bonds is 13. The van der Waals surface area contributed by atoms with Crippen molar-refractivity contribution in [3.8, 4) is 0 Å². The van der Waals surface area contributed by atoms with Gasteiger partial charge in [0.2, 0.25) is 12.2 Å². The first-order valence-corrected chi connectivity index (χ1v) is 9.05. The van der Waals surface area contributed by atoms with Gasteiger partial charge in [0.05, 0.1) is 12.2 Å². The Morgan fingerprint density at radius 1 is 0.875 bits per heavy atom. The second-order valence-electron chi connectivity index (χ2n) is 6.10. The molecule has 4 nitrogen and oxygen atoms in total. The minimum absolute atomic E-state index is 0.290. The van der Waals surface area contributed by atoms with Gasteiger partial charge in [-0.3, -0.25) is 0 Å². The quantitative estimate of drug-likeness (QED) is 0.270. The third-order valence-electron chi connectivity index (χ3n) is 4.26. The summed E-state index contributed by atoms with van der Waals surface area (Å²) in [5.41, 5.74) is 2.58. The molecule has 0 fully saturated rings. The van der Waals surface area contributed by atoms with E-state index in [1.54, 1.807) is 12.2 Å². The predicted molar refractivity (Wildman–Crippen MR) is 97.0 cm³/mol. The lowest BCUT2D eigenvalue weighted by Gasteiger charge is -2.10. The van der Waals surface area contributed by atoms with Crippen molar-refractivity contribution < 1.29 is 9.59 Å². The van der Waals surface area contributed by atoms with Gasteiger partial charge in [-0.15, -0.1) is 0 Å². The van der Waals surface area contributed by atoms with Crippen molar-refractivity contribution in [2.75, 3.05) is 0 Å². The summed E-state index contributed by atoms with van der Waals surface area (Å²) in [6, 6.07) is 5.56. The number of isocyanates is 2. The molecule has 0 unspecified atom stereocenters. The molecule has 1 rings (SSSR count). The van der Waals surface area contributed by atoms with E-state index in [0.29, 0.717) is 12.2 Å². The average Bonchev–Trinajstić information content (AvgIpc) is 2.60. The predicted octanol–water partition coefficient (Wildman–Crippen LogP) is 5.56. The number of hydrogen-bond acceptors (Lipinski definition) is 4. The molecule has 0 saturated heterocycles. The van der Waals surface area contributed by atoms with Crippen LogP contribution in [0.15, 0.2) is 28.2 Å². The maximum atomic E-state index is 10.6. The van der Waals surface area contributed by atoms with Crippen LogP contribution >= 0.6 is 0 Å². The Hall–Kier alpha value is -2.02. The molecule has 0 aliphatic carbocycles. The van der Waals surface area contributed by atoms with Gasteiger partial charge in [-0.2, -0.15) is 4.99 Å². The van der Waals surface area contributed by atoms with Crippen LogP contribution in [-0.4, -0.2) is 12.2 Å². The molecule has 0 aromatic heterocycles. The molecule has 0 amide bonds. The zero-order valence-corrected chi connectivity index (χ0v) is 14.7. The largest absolute Gasteiger partial charge is 0.240 e. The van der Waals surface area contributed by atoms with Crippen molar-refractivity contribution in [2.24, 2.45) is 9.98 Å². The summed E-state index contributed by atoms with van der Waals surface area (Å²) in [4.78, 5) is 28.4. The van der Waals surface area contributed by atoms with E-state index in [1.165, 1.54) is 51.4 Å². The van der Waals surface area contributed by atoms with E-state index in [2.05, 4.69) is 16.9 Å². The second-order valence-corrected chi connectivity index (χ2v) is 6.10. The monoisotopic (exact) mass is 328 g/mol. The van der Waals surface area contributed by atoms with Gasteiger partial charge in [-0.05, 0) is 30.0 Å². The van der Waals surface area contributed by atoms with E-state index in [4.69, 9.17) is 0 Å². The molecule has 0 bridgehead atoms. The van der Waals surface area contributed by atoms with Gasteiger partial charge in [-0.25, -0.2) is 14.6 Å². The van der Waals surface area contributed by atoms with E-state index in [9.17, 15) is 9.59 Å². The summed E-state index contributed by atoms with van der Waals surface area (Å²) in [6.45, 7) is 2.53. The van der Waals surface area contributed by atoms with E-state index >= 15 is 0 Å². The lowest BCUT2D eigenvalue weighted by atomic mass is 9.98. The van der Waals surface area contributed by atoms with Crippen LogP contribution in [0.4, 0.5) is 5.69 Å². The van der Waals surface area contributed by atoms with Crippen LogP contribution in [-0.2, 0) is 22.6 Å². The van der Waals surface area contributed by atoms with Crippen molar-refractivity contribution >= 4 is 17.8 Å². The fourth-order valence-corrected chi connectivity index (χ4v) is 2.94. The standard InChI is InChI=1S/C20H28N2O2/c1-2-3-4-5-6-7-8-9-10-13-19-18(15-21-16-23)12-11-14-20(19)22-17-24/h11-12,14H,2-10,13,15H2,1H3. The first kappa shape index (κ1) is 20.0. The van der Waals surface area contributed by atoms with E-state index < -0.39 is 0 Å². The molecule has 0 atom stereocenters. The summed E-state index contributed by atoms with van der Waals surface area (Å²) < 4.78 is 0. The van der Waals surface area contributed by atoms with Crippen molar-refractivity contribution in [2.45, 2.75) is 77.7 Å². The molecule has 0 aliphatic rings. The molecule has 0 saturated carbocycles. The molecule has 0 spiro atoms. The SMILES string of the molecule is CCCCCCCCCCCc1c(CN=C=O)cccc1N=C=O. The fraction of sp³-hybridized carbons (Fsp3) is 0.600. The smallest absolute Gasteiger partial charge is 0.211 e. The van der Waals surface area contributed by atoms with Crippen molar-refractivity contribution in [1.82, 2.24) is 0 Å². The van der Waals surface area contributed by atoms with Gasteiger partial charge in [0.15, 0.2) is 0 Å². The second kappa shape index (κ2) is 13.4. The number of benzene rings is 1. The van der Waals surface area contributed by atoms with Crippen LogP contribution in [0.25, 0.3) is 0 Å². The Bertz CT molecular complexity index is 571. The van der Waals surface area contributed by atoms with Gasteiger partial charge < -0.3 is 0 Å². The van der Waals surface area contributed by atoms with Crippen molar-refractivity contribution in [3.05, 3.63) is 29.3 Å². The molecule has 0 aliphatic heterocycles. The van der Waals surface area contributed by atoms with Crippen LogP contribution in [0.2, 0.25) is 0 Å². The van der Waals surface area contributed by atoms with Crippen LogP contribution < -0.4 is 0 Å². The molecule has 130 valence electrons. The Morgan fingerprint density at radius 2 is 1.54 bits per heavy atom. The lowest BCUT2D eigenvalue weighted by Crippen LogP contribution is -1.95. The number of aliphatic imine (C=N–C) groups is 2. The number of carbonyl (C=O) groups excluding carboxylic acids is 2. The Labute approximate surface area is 145 Å². The third-order valence-corrected chi connectivity index (χ3v) is 4.26. The van der Waals surface area contributed by atoms with E-state index in [-0.39, 0.29) is 0 Å². The highest BCUT2D eigenvalue weighted by Crippen LogP contribution is 2.25.